The van der Waals surface area contributed by atoms with Crippen molar-refractivity contribution >= 4 is 11.9 Å². The first-order valence-corrected chi connectivity index (χ1v) is 7.38. The first-order chi connectivity index (χ1) is 10.9. The van der Waals surface area contributed by atoms with E-state index >= 15 is 0 Å². The number of aliphatic carboxylic acids is 1. The summed E-state index contributed by atoms with van der Waals surface area (Å²) in [5.74, 6) is -2.55. The van der Waals surface area contributed by atoms with Gasteiger partial charge in [-0.05, 0) is 31.0 Å². The normalized spacial score (nSPS) is 13.2. The number of halogens is 1. The molecule has 6 nitrogen and oxygen atoms in total. The molecule has 0 spiro atoms. The SMILES string of the molecule is CCCCOC(C)C(=O)NC(C(=O)O)c1ccc(OC)c(F)c1. The van der Waals surface area contributed by atoms with Crippen molar-refractivity contribution < 1.29 is 28.6 Å². The Labute approximate surface area is 134 Å². The number of amides is 1. The third-order valence-electron chi connectivity index (χ3n) is 3.28. The predicted octanol–water partition coefficient (Wildman–Crippen LogP) is 2.28. The van der Waals surface area contributed by atoms with E-state index in [1.165, 1.54) is 19.2 Å². The monoisotopic (exact) mass is 327 g/mol. The van der Waals surface area contributed by atoms with Crippen molar-refractivity contribution in [2.75, 3.05) is 13.7 Å². The first-order valence-electron chi connectivity index (χ1n) is 7.38. The summed E-state index contributed by atoms with van der Waals surface area (Å²) in [6.45, 7) is 3.95. The van der Waals surface area contributed by atoms with Gasteiger partial charge in [0.05, 0.1) is 7.11 Å². The number of rotatable bonds is 9. The number of carbonyl (C=O) groups is 2. The van der Waals surface area contributed by atoms with E-state index in [2.05, 4.69) is 5.32 Å². The molecular formula is C16H22FNO5. The van der Waals surface area contributed by atoms with Crippen molar-refractivity contribution in [3.05, 3.63) is 29.6 Å². The largest absolute Gasteiger partial charge is 0.494 e. The fourth-order valence-corrected chi connectivity index (χ4v) is 1.89. The van der Waals surface area contributed by atoms with E-state index in [1.54, 1.807) is 6.92 Å². The zero-order chi connectivity index (χ0) is 17.4. The quantitative estimate of drug-likeness (QED) is 0.680. The Hall–Kier alpha value is -2.15. The number of nitrogens with one attached hydrogen (secondary N) is 1. The second kappa shape index (κ2) is 9.09. The summed E-state index contributed by atoms with van der Waals surface area (Å²) >= 11 is 0. The molecule has 2 unspecified atom stereocenters. The number of ether oxygens (including phenoxy) is 2. The third kappa shape index (κ3) is 5.52. The lowest BCUT2D eigenvalue weighted by Gasteiger charge is -2.19. The van der Waals surface area contributed by atoms with Gasteiger partial charge >= 0.3 is 5.97 Å². The van der Waals surface area contributed by atoms with E-state index in [0.29, 0.717) is 6.61 Å². The molecule has 7 heteroatoms. The molecule has 1 rings (SSSR count). The van der Waals surface area contributed by atoms with Gasteiger partial charge in [-0.1, -0.05) is 19.4 Å². The van der Waals surface area contributed by atoms with Crippen LogP contribution in [0.1, 0.15) is 38.3 Å². The number of unbranched alkanes of at least 4 members (excludes halogenated alkanes) is 1. The van der Waals surface area contributed by atoms with Crippen LogP contribution < -0.4 is 10.1 Å². The minimum Gasteiger partial charge on any atom is -0.494 e. The molecule has 0 aliphatic heterocycles. The van der Waals surface area contributed by atoms with Crippen molar-refractivity contribution in [2.45, 2.75) is 38.8 Å². The Morgan fingerprint density at radius 2 is 2.09 bits per heavy atom. The zero-order valence-electron chi connectivity index (χ0n) is 13.5. The van der Waals surface area contributed by atoms with Gasteiger partial charge < -0.3 is 19.9 Å². The molecule has 0 radical (unpaired) electrons. The van der Waals surface area contributed by atoms with E-state index in [1.807, 2.05) is 6.92 Å². The Kier molecular flexibility index (Phi) is 7.47. The molecule has 0 aliphatic rings. The van der Waals surface area contributed by atoms with Crippen LogP contribution in [0, 0.1) is 5.82 Å². The smallest absolute Gasteiger partial charge is 0.330 e. The van der Waals surface area contributed by atoms with Crippen LogP contribution in [0.4, 0.5) is 4.39 Å². The average Bonchev–Trinajstić information content (AvgIpc) is 2.52. The molecule has 0 fully saturated rings. The molecule has 0 heterocycles. The van der Waals surface area contributed by atoms with Gasteiger partial charge in [-0.15, -0.1) is 0 Å². The highest BCUT2D eigenvalue weighted by molar-refractivity contribution is 5.86. The van der Waals surface area contributed by atoms with Gasteiger partial charge in [0, 0.05) is 6.61 Å². The van der Waals surface area contributed by atoms with Crippen LogP contribution in [-0.2, 0) is 14.3 Å². The van der Waals surface area contributed by atoms with Crippen molar-refractivity contribution in [1.82, 2.24) is 5.32 Å². The summed E-state index contributed by atoms with van der Waals surface area (Å²) in [7, 11) is 1.31. The fourth-order valence-electron chi connectivity index (χ4n) is 1.89. The summed E-state index contributed by atoms with van der Waals surface area (Å²) in [5.41, 5.74) is 0.116. The average molecular weight is 327 g/mol. The maximum Gasteiger partial charge on any atom is 0.330 e. The Bertz CT molecular complexity index is 549. The molecule has 23 heavy (non-hydrogen) atoms. The molecule has 1 amide bonds. The van der Waals surface area contributed by atoms with E-state index in [-0.39, 0.29) is 11.3 Å². The molecule has 0 aliphatic carbocycles. The van der Waals surface area contributed by atoms with Gasteiger partial charge in [0.2, 0.25) is 5.91 Å². The molecule has 1 aromatic rings. The van der Waals surface area contributed by atoms with Gasteiger partial charge in [0.25, 0.3) is 0 Å². The topological polar surface area (TPSA) is 84.9 Å². The molecule has 2 atom stereocenters. The lowest BCUT2D eigenvalue weighted by molar-refractivity contribution is -0.144. The van der Waals surface area contributed by atoms with Crippen molar-refractivity contribution in [3.63, 3.8) is 0 Å². The number of hydrogen-bond donors (Lipinski definition) is 2. The van der Waals surface area contributed by atoms with Gasteiger partial charge in [-0.2, -0.15) is 0 Å². The Morgan fingerprint density at radius 3 is 2.61 bits per heavy atom. The molecule has 1 aromatic carbocycles. The van der Waals surface area contributed by atoms with Gasteiger partial charge in [0.1, 0.15) is 6.10 Å². The number of hydrogen-bond acceptors (Lipinski definition) is 4. The summed E-state index contributed by atoms with van der Waals surface area (Å²) in [6, 6.07) is 2.37. The van der Waals surface area contributed by atoms with Crippen LogP contribution in [0.5, 0.6) is 5.75 Å². The number of methoxy groups -OCH3 is 1. The highest BCUT2D eigenvalue weighted by Gasteiger charge is 2.25. The summed E-state index contributed by atoms with van der Waals surface area (Å²) in [4.78, 5) is 23.4. The van der Waals surface area contributed by atoms with Gasteiger partial charge in [-0.3, -0.25) is 4.79 Å². The van der Waals surface area contributed by atoms with Gasteiger partial charge in [0.15, 0.2) is 17.6 Å². The maximum absolute atomic E-state index is 13.7. The number of carboxylic acids is 1. The lowest BCUT2D eigenvalue weighted by Crippen LogP contribution is -2.40. The second-order valence-corrected chi connectivity index (χ2v) is 5.04. The minimum absolute atomic E-state index is 0.000447. The second-order valence-electron chi connectivity index (χ2n) is 5.04. The maximum atomic E-state index is 13.7. The number of carboxylic acid groups (broad SMARTS) is 1. The Morgan fingerprint density at radius 1 is 1.39 bits per heavy atom. The molecule has 0 bridgehead atoms. The first kappa shape index (κ1) is 18.9. The Balaban J connectivity index is 2.81. The van der Waals surface area contributed by atoms with Crippen LogP contribution in [0.3, 0.4) is 0 Å². The highest BCUT2D eigenvalue weighted by Crippen LogP contribution is 2.22. The molecular weight excluding hydrogens is 305 g/mol. The van der Waals surface area contributed by atoms with Crippen LogP contribution in [0.15, 0.2) is 18.2 Å². The number of benzene rings is 1. The third-order valence-corrected chi connectivity index (χ3v) is 3.28. The molecule has 128 valence electrons. The molecule has 0 saturated carbocycles. The molecule has 2 N–H and O–H groups in total. The lowest BCUT2D eigenvalue weighted by atomic mass is 10.1. The van der Waals surface area contributed by atoms with E-state index in [9.17, 15) is 19.1 Å². The predicted molar refractivity (Wildman–Crippen MR) is 81.8 cm³/mol. The molecule has 0 aromatic heterocycles. The van der Waals surface area contributed by atoms with Crippen LogP contribution in [0.25, 0.3) is 0 Å². The highest BCUT2D eigenvalue weighted by atomic mass is 19.1. The van der Waals surface area contributed by atoms with Crippen LogP contribution in [-0.4, -0.2) is 36.8 Å². The van der Waals surface area contributed by atoms with Crippen molar-refractivity contribution in [3.8, 4) is 5.75 Å². The molecule has 0 saturated heterocycles. The summed E-state index contributed by atoms with van der Waals surface area (Å²) in [5, 5.41) is 11.6. The fraction of sp³-hybridized carbons (Fsp3) is 0.500. The van der Waals surface area contributed by atoms with Crippen molar-refractivity contribution in [1.29, 1.82) is 0 Å². The van der Waals surface area contributed by atoms with Crippen molar-refractivity contribution in [2.24, 2.45) is 0 Å². The zero-order valence-corrected chi connectivity index (χ0v) is 13.5. The summed E-state index contributed by atoms with van der Waals surface area (Å²) in [6.07, 6.45) is 0.951. The van der Waals surface area contributed by atoms with E-state index in [0.717, 1.165) is 18.9 Å². The minimum atomic E-state index is -1.36. The van der Waals surface area contributed by atoms with E-state index < -0.39 is 29.8 Å². The van der Waals surface area contributed by atoms with E-state index in [4.69, 9.17) is 9.47 Å². The number of carbonyl (C=O) groups excluding carboxylic acids is 1. The van der Waals surface area contributed by atoms with Crippen LogP contribution in [0.2, 0.25) is 0 Å². The standard InChI is InChI=1S/C16H22FNO5/c1-4-5-8-23-10(2)15(19)18-14(16(20)21)11-6-7-13(22-3)12(17)9-11/h6-7,9-10,14H,4-5,8H2,1-3H3,(H,18,19)(H,20,21). The van der Waals surface area contributed by atoms with Gasteiger partial charge in [-0.25, -0.2) is 9.18 Å². The summed E-state index contributed by atoms with van der Waals surface area (Å²) < 4.78 is 23.8. The van der Waals surface area contributed by atoms with Crippen LogP contribution >= 0.6 is 0 Å².